The van der Waals surface area contributed by atoms with Gasteiger partial charge in [0.25, 0.3) is 0 Å². The minimum atomic E-state index is -0.388. The summed E-state index contributed by atoms with van der Waals surface area (Å²) in [6.07, 6.45) is 5.75. The van der Waals surface area contributed by atoms with Crippen LogP contribution in [-0.2, 0) is 17.4 Å². The van der Waals surface area contributed by atoms with Crippen molar-refractivity contribution in [2.45, 2.75) is 12.5 Å². The topological polar surface area (TPSA) is 43.2 Å². The largest absolute Gasteiger partial charge is 0.367 e. The number of pyridine rings is 1. The fraction of sp³-hybridized carbons (Fsp3) is 0.333. The number of anilines is 1. The molecule has 1 unspecified atom stereocenters. The Hall–Kier alpha value is -2.11. The minimum absolute atomic E-state index is 0.388. The van der Waals surface area contributed by atoms with Crippen LogP contribution in [0.5, 0.6) is 0 Å². The Morgan fingerprint density at radius 3 is 2.96 bits per heavy atom. The summed E-state index contributed by atoms with van der Waals surface area (Å²) in [5.41, 5.74) is 2.79. The normalized spacial score (nSPS) is 21.4. The first kappa shape index (κ1) is 15.4. The number of halogens is 1. The zero-order chi connectivity index (χ0) is 16.7. The predicted molar refractivity (Wildman–Crippen MR) is 95.5 cm³/mol. The van der Waals surface area contributed by atoms with E-state index in [2.05, 4.69) is 21.9 Å². The molecular weight excluding hydrogens is 324 g/mol. The number of aryl methyl sites for hydroxylation is 1. The van der Waals surface area contributed by atoms with Crippen molar-refractivity contribution in [2.24, 2.45) is 7.05 Å². The van der Waals surface area contributed by atoms with Gasteiger partial charge in [-0.1, -0.05) is 11.6 Å². The molecule has 124 valence electrons. The Kier molecular flexibility index (Phi) is 3.70. The van der Waals surface area contributed by atoms with Crippen LogP contribution in [0.15, 0.2) is 42.9 Å². The Labute approximate surface area is 145 Å². The van der Waals surface area contributed by atoms with Crippen molar-refractivity contribution >= 4 is 28.2 Å². The van der Waals surface area contributed by atoms with Crippen LogP contribution in [0.1, 0.15) is 12.5 Å². The average Bonchev–Trinajstić information content (AvgIpc) is 3.02. The van der Waals surface area contributed by atoms with Crippen molar-refractivity contribution < 1.29 is 4.74 Å². The molecule has 1 fully saturated rings. The average molecular weight is 343 g/mol. The molecule has 1 aliphatic heterocycles. The summed E-state index contributed by atoms with van der Waals surface area (Å²) >= 11 is 6.20. The Morgan fingerprint density at radius 1 is 1.29 bits per heavy atom. The molecule has 24 heavy (non-hydrogen) atoms. The van der Waals surface area contributed by atoms with Crippen LogP contribution in [0.2, 0.25) is 5.02 Å². The molecule has 0 saturated carbocycles. The molecule has 0 amide bonds. The molecule has 1 saturated heterocycles. The molecule has 0 radical (unpaired) electrons. The number of morpholine rings is 1. The standard InChI is InChI=1S/C18H19ClN4O/c1-18(13-10-21-22(2)11-13)12-23(7-8-24-18)17-5-6-20-16-4-3-14(19)9-15(16)17/h3-6,9-11H,7-8,12H2,1-2H3. The fourth-order valence-corrected chi connectivity index (χ4v) is 3.50. The number of ether oxygens (including phenoxy) is 1. The number of nitrogens with zero attached hydrogens (tertiary/aromatic N) is 4. The molecule has 4 rings (SSSR count). The third-order valence-electron chi connectivity index (χ3n) is 4.61. The van der Waals surface area contributed by atoms with Crippen LogP contribution in [0.4, 0.5) is 5.69 Å². The van der Waals surface area contributed by atoms with Crippen LogP contribution >= 0.6 is 11.6 Å². The van der Waals surface area contributed by atoms with Crippen LogP contribution in [-0.4, -0.2) is 34.5 Å². The van der Waals surface area contributed by atoms with Gasteiger partial charge in [-0.05, 0) is 31.2 Å². The first-order valence-corrected chi connectivity index (χ1v) is 8.35. The third kappa shape index (κ3) is 2.64. The van der Waals surface area contributed by atoms with Crippen molar-refractivity contribution in [2.75, 3.05) is 24.6 Å². The van der Waals surface area contributed by atoms with Crippen molar-refractivity contribution in [1.82, 2.24) is 14.8 Å². The Bertz CT molecular complexity index is 894. The zero-order valence-electron chi connectivity index (χ0n) is 13.7. The maximum atomic E-state index is 6.20. The van der Waals surface area contributed by atoms with E-state index in [0.717, 1.165) is 40.3 Å². The SMILES string of the molecule is Cn1cc(C2(C)CN(c3ccnc4ccc(Cl)cc34)CCO2)cn1. The number of fused-ring (bicyclic) bond motifs is 1. The van der Waals surface area contributed by atoms with Gasteiger partial charge in [-0.3, -0.25) is 9.67 Å². The molecule has 0 bridgehead atoms. The summed E-state index contributed by atoms with van der Waals surface area (Å²) in [5, 5.41) is 6.08. The van der Waals surface area contributed by atoms with Crippen LogP contribution in [0.25, 0.3) is 10.9 Å². The Balaban J connectivity index is 1.73. The summed E-state index contributed by atoms with van der Waals surface area (Å²) in [6.45, 7) is 4.37. The molecule has 6 heteroatoms. The van der Waals surface area contributed by atoms with Gasteiger partial charge >= 0.3 is 0 Å². The van der Waals surface area contributed by atoms with Crippen molar-refractivity contribution in [3.05, 3.63) is 53.4 Å². The van der Waals surface area contributed by atoms with E-state index < -0.39 is 0 Å². The molecule has 0 aliphatic carbocycles. The lowest BCUT2D eigenvalue weighted by Crippen LogP contribution is -2.48. The lowest BCUT2D eigenvalue weighted by Gasteiger charge is -2.41. The summed E-state index contributed by atoms with van der Waals surface area (Å²) < 4.78 is 7.93. The molecule has 1 aromatic carbocycles. The Morgan fingerprint density at radius 2 is 2.17 bits per heavy atom. The quantitative estimate of drug-likeness (QED) is 0.716. The predicted octanol–water partition coefficient (Wildman–Crippen LogP) is 3.37. The van der Waals surface area contributed by atoms with Crippen LogP contribution < -0.4 is 4.90 Å². The fourth-order valence-electron chi connectivity index (χ4n) is 3.32. The minimum Gasteiger partial charge on any atom is -0.367 e. The second kappa shape index (κ2) is 5.76. The highest BCUT2D eigenvalue weighted by Crippen LogP contribution is 2.34. The molecular formula is C18H19ClN4O. The molecule has 1 atom stereocenters. The number of hydrogen-bond acceptors (Lipinski definition) is 4. The van der Waals surface area contributed by atoms with E-state index in [-0.39, 0.29) is 5.60 Å². The number of benzene rings is 1. The van der Waals surface area contributed by atoms with Gasteiger partial charge in [0.15, 0.2) is 0 Å². The van der Waals surface area contributed by atoms with E-state index in [9.17, 15) is 0 Å². The summed E-state index contributed by atoms with van der Waals surface area (Å²) in [5.74, 6) is 0. The lowest BCUT2D eigenvalue weighted by molar-refractivity contribution is -0.0465. The maximum absolute atomic E-state index is 6.20. The van der Waals surface area contributed by atoms with Gasteiger partial charge in [0.05, 0.1) is 24.9 Å². The van der Waals surface area contributed by atoms with E-state index in [1.807, 2.05) is 54.6 Å². The van der Waals surface area contributed by atoms with E-state index in [1.54, 1.807) is 0 Å². The number of aromatic nitrogens is 3. The lowest BCUT2D eigenvalue weighted by atomic mass is 9.96. The van der Waals surface area contributed by atoms with Gasteiger partial charge in [-0.15, -0.1) is 0 Å². The first-order valence-electron chi connectivity index (χ1n) is 7.97. The van der Waals surface area contributed by atoms with Crippen molar-refractivity contribution in [3.63, 3.8) is 0 Å². The van der Waals surface area contributed by atoms with Gasteiger partial charge in [-0.2, -0.15) is 5.10 Å². The molecule has 1 aliphatic rings. The zero-order valence-corrected chi connectivity index (χ0v) is 14.5. The summed E-state index contributed by atoms with van der Waals surface area (Å²) in [6, 6.07) is 7.87. The van der Waals surface area contributed by atoms with Gasteiger partial charge in [-0.25, -0.2) is 0 Å². The van der Waals surface area contributed by atoms with Gasteiger partial charge in [0.1, 0.15) is 5.60 Å². The van der Waals surface area contributed by atoms with Crippen LogP contribution in [0, 0.1) is 0 Å². The van der Waals surface area contributed by atoms with E-state index >= 15 is 0 Å². The van der Waals surface area contributed by atoms with Crippen molar-refractivity contribution in [1.29, 1.82) is 0 Å². The molecule has 5 nitrogen and oxygen atoms in total. The highest BCUT2D eigenvalue weighted by molar-refractivity contribution is 6.31. The van der Waals surface area contributed by atoms with Gasteiger partial charge in [0.2, 0.25) is 0 Å². The number of hydrogen-bond donors (Lipinski definition) is 0. The molecule has 0 N–H and O–H groups in total. The molecule has 0 spiro atoms. The monoisotopic (exact) mass is 342 g/mol. The van der Waals surface area contributed by atoms with Crippen molar-refractivity contribution in [3.8, 4) is 0 Å². The van der Waals surface area contributed by atoms with E-state index in [0.29, 0.717) is 6.61 Å². The first-order chi connectivity index (χ1) is 11.5. The van der Waals surface area contributed by atoms with Gasteiger partial charge < -0.3 is 9.64 Å². The maximum Gasteiger partial charge on any atom is 0.111 e. The molecule has 2 aromatic heterocycles. The summed E-state index contributed by atoms with van der Waals surface area (Å²) in [7, 11) is 1.92. The van der Waals surface area contributed by atoms with E-state index in [4.69, 9.17) is 16.3 Å². The second-order valence-electron chi connectivity index (χ2n) is 6.40. The molecule has 3 heterocycles. The van der Waals surface area contributed by atoms with Crippen LogP contribution in [0.3, 0.4) is 0 Å². The van der Waals surface area contributed by atoms with Gasteiger partial charge in [0, 0.05) is 47.6 Å². The van der Waals surface area contributed by atoms with E-state index in [1.165, 1.54) is 0 Å². The smallest absolute Gasteiger partial charge is 0.111 e. The molecule has 3 aromatic rings. The summed E-state index contributed by atoms with van der Waals surface area (Å²) in [4.78, 5) is 6.79. The highest BCUT2D eigenvalue weighted by Gasteiger charge is 2.35. The highest BCUT2D eigenvalue weighted by atomic mass is 35.5. The third-order valence-corrected chi connectivity index (χ3v) is 4.85. The second-order valence-corrected chi connectivity index (χ2v) is 6.83. The number of rotatable bonds is 2.